The Hall–Kier alpha value is -2.08. The number of carbonyl (C=O) groups is 1. The van der Waals surface area contributed by atoms with Gasteiger partial charge >= 0.3 is 0 Å². The zero-order chi connectivity index (χ0) is 20.6. The van der Waals surface area contributed by atoms with Crippen molar-refractivity contribution in [2.45, 2.75) is 32.2 Å². The summed E-state index contributed by atoms with van der Waals surface area (Å²) in [5.74, 6) is 2.16. The molecule has 3 rings (SSSR count). The summed E-state index contributed by atoms with van der Waals surface area (Å²) in [5, 5.41) is 13.0. The molecule has 1 saturated heterocycles. The maximum atomic E-state index is 12.7. The van der Waals surface area contributed by atoms with E-state index < -0.39 is 0 Å². The van der Waals surface area contributed by atoms with Gasteiger partial charge in [0.2, 0.25) is 5.91 Å². The SMILES string of the molecule is CCOc1cc(OC)ccc1CNCC(=O)N1CCCC(c2cccc(O)c2)C1.O.[W]. The molecule has 1 fully saturated rings. The monoisotopic (exact) mass is 600 g/mol. The number of nitrogens with one attached hydrogen (secondary N) is 1. The van der Waals surface area contributed by atoms with Gasteiger partial charge in [-0.25, -0.2) is 0 Å². The van der Waals surface area contributed by atoms with Crippen LogP contribution in [0.4, 0.5) is 0 Å². The number of aromatic hydroxyl groups is 1. The summed E-state index contributed by atoms with van der Waals surface area (Å²) in [5.41, 5.74) is 2.09. The minimum absolute atomic E-state index is 0. The van der Waals surface area contributed by atoms with Crippen LogP contribution in [-0.4, -0.2) is 54.7 Å². The average molecular weight is 600 g/mol. The van der Waals surface area contributed by atoms with E-state index in [4.69, 9.17) is 9.47 Å². The first-order chi connectivity index (χ1) is 14.1. The van der Waals surface area contributed by atoms with Gasteiger partial charge in [-0.3, -0.25) is 4.79 Å². The van der Waals surface area contributed by atoms with Crippen LogP contribution in [0.1, 0.15) is 36.8 Å². The molecule has 1 amide bonds. The van der Waals surface area contributed by atoms with Crippen molar-refractivity contribution in [1.82, 2.24) is 10.2 Å². The first-order valence-corrected chi connectivity index (χ1v) is 10.2. The Morgan fingerprint density at radius 1 is 1.26 bits per heavy atom. The van der Waals surface area contributed by atoms with Crippen LogP contribution in [0.25, 0.3) is 0 Å². The second kappa shape index (κ2) is 13.4. The molecule has 0 aliphatic carbocycles. The van der Waals surface area contributed by atoms with Crippen molar-refractivity contribution < 1.29 is 45.9 Å². The number of hydrogen-bond acceptors (Lipinski definition) is 5. The zero-order valence-corrected chi connectivity index (χ0v) is 21.0. The smallest absolute Gasteiger partial charge is 0.236 e. The Bertz CT molecular complexity index is 833. The predicted molar refractivity (Wildman–Crippen MR) is 116 cm³/mol. The molecule has 1 heterocycles. The first kappa shape index (κ1) is 27.0. The molecule has 170 valence electrons. The number of ether oxygens (including phenoxy) is 2. The summed E-state index contributed by atoms with van der Waals surface area (Å²) < 4.78 is 10.9. The summed E-state index contributed by atoms with van der Waals surface area (Å²) in [6.07, 6.45) is 2.00. The maximum absolute atomic E-state index is 12.7. The van der Waals surface area contributed by atoms with E-state index in [9.17, 15) is 9.90 Å². The molecule has 8 heteroatoms. The molecule has 2 aromatic rings. The summed E-state index contributed by atoms with van der Waals surface area (Å²) in [7, 11) is 1.63. The standard InChI is InChI=1S/C23H30N2O4.H2O.W/c1-3-29-22-13-21(28-2)10-9-18(22)14-24-15-23(27)25-11-5-7-19(16-25)17-6-4-8-20(26)12-17;;/h4,6,8-10,12-13,19,24,26H,3,5,7,11,14-16H2,1-2H3;1H2;. The number of nitrogens with zero attached hydrogens (tertiary/aromatic N) is 1. The largest absolute Gasteiger partial charge is 0.508 e. The Kier molecular flexibility index (Phi) is 11.6. The van der Waals surface area contributed by atoms with Crippen molar-refractivity contribution in [2.24, 2.45) is 0 Å². The van der Waals surface area contributed by atoms with Crippen LogP contribution in [-0.2, 0) is 32.4 Å². The molecule has 0 bridgehead atoms. The van der Waals surface area contributed by atoms with Crippen molar-refractivity contribution in [3.05, 3.63) is 53.6 Å². The van der Waals surface area contributed by atoms with E-state index in [2.05, 4.69) is 5.32 Å². The van der Waals surface area contributed by atoms with Gasteiger partial charge in [-0.2, -0.15) is 0 Å². The van der Waals surface area contributed by atoms with Crippen molar-refractivity contribution >= 4 is 5.91 Å². The molecule has 0 saturated carbocycles. The van der Waals surface area contributed by atoms with Gasteiger partial charge in [-0.1, -0.05) is 18.2 Å². The molecule has 1 atom stereocenters. The number of amides is 1. The van der Waals surface area contributed by atoms with Gasteiger partial charge in [0.25, 0.3) is 0 Å². The fourth-order valence-corrected chi connectivity index (χ4v) is 3.77. The number of phenolic OH excluding ortho intramolecular Hbond substituents is 1. The van der Waals surface area contributed by atoms with Gasteiger partial charge in [-0.15, -0.1) is 0 Å². The van der Waals surface area contributed by atoms with Crippen LogP contribution in [0.15, 0.2) is 42.5 Å². The van der Waals surface area contributed by atoms with E-state index in [1.54, 1.807) is 19.2 Å². The summed E-state index contributed by atoms with van der Waals surface area (Å²) in [4.78, 5) is 14.6. The molecule has 1 unspecified atom stereocenters. The van der Waals surface area contributed by atoms with E-state index in [0.717, 1.165) is 42.0 Å². The van der Waals surface area contributed by atoms with Gasteiger partial charge in [-0.05, 0) is 43.5 Å². The molecule has 7 nitrogen and oxygen atoms in total. The molecule has 0 radical (unpaired) electrons. The van der Waals surface area contributed by atoms with Crippen molar-refractivity contribution in [2.75, 3.05) is 33.4 Å². The molecule has 1 aliphatic rings. The third kappa shape index (κ3) is 7.53. The molecular formula is C23H32N2O5W. The molecular weight excluding hydrogens is 568 g/mol. The average Bonchev–Trinajstić information content (AvgIpc) is 2.75. The van der Waals surface area contributed by atoms with Crippen LogP contribution in [0.2, 0.25) is 0 Å². The fraction of sp³-hybridized carbons (Fsp3) is 0.435. The maximum Gasteiger partial charge on any atom is 0.236 e. The van der Waals surface area contributed by atoms with Crippen LogP contribution in [0.3, 0.4) is 0 Å². The number of piperidine rings is 1. The number of methoxy groups -OCH3 is 1. The molecule has 0 aromatic heterocycles. The van der Waals surface area contributed by atoms with Gasteiger partial charge in [0.1, 0.15) is 17.2 Å². The number of carbonyl (C=O) groups excluding carboxylic acids is 1. The molecule has 31 heavy (non-hydrogen) atoms. The number of rotatable bonds is 8. The Labute approximate surface area is 198 Å². The van der Waals surface area contributed by atoms with Gasteiger partial charge in [0.15, 0.2) is 0 Å². The number of benzene rings is 2. The quantitative estimate of drug-likeness (QED) is 0.485. The van der Waals surface area contributed by atoms with Crippen molar-refractivity contribution in [1.29, 1.82) is 0 Å². The van der Waals surface area contributed by atoms with Crippen LogP contribution in [0, 0.1) is 0 Å². The van der Waals surface area contributed by atoms with Gasteiger partial charge in [0.05, 0.1) is 20.3 Å². The van der Waals surface area contributed by atoms with Crippen LogP contribution >= 0.6 is 0 Å². The summed E-state index contributed by atoms with van der Waals surface area (Å²) in [6, 6.07) is 13.1. The minimum Gasteiger partial charge on any atom is -0.508 e. The Morgan fingerprint density at radius 2 is 2.06 bits per heavy atom. The second-order valence-corrected chi connectivity index (χ2v) is 7.28. The minimum atomic E-state index is 0. The Balaban J connectivity index is 0.00000240. The number of phenols is 1. The van der Waals surface area contributed by atoms with Crippen molar-refractivity contribution in [3.63, 3.8) is 0 Å². The van der Waals surface area contributed by atoms with Crippen LogP contribution < -0.4 is 14.8 Å². The first-order valence-electron chi connectivity index (χ1n) is 10.2. The third-order valence-electron chi connectivity index (χ3n) is 5.28. The van der Waals surface area contributed by atoms with E-state index in [-0.39, 0.29) is 50.7 Å². The summed E-state index contributed by atoms with van der Waals surface area (Å²) in [6.45, 7) is 4.82. The van der Waals surface area contributed by atoms with Gasteiger partial charge < -0.3 is 30.3 Å². The number of likely N-dealkylation sites (tertiary alicyclic amines) is 1. The van der Waals surface area contributed by atoms with E-state index >= 15 is 0 Å². The topological polar surface area (TPSA) is 103 Å². The van der Waals surface area contributed by atoms with E-state index in [1.165, 1.54) is 0 Å². The fourth-order valence-electron chi connectivity index (χ4n) is 3.77. The van der Waals surface area contributed by atoms with E-state index in [0.29, 0.717) is 19.7 Å². The third-order valence-corrected chi connectivity index (χ3v) is 5.28. The van der Waals surface area contributed by atoms with E-state index in [1.807, 2.05) is 42.2 Å². The molecule has 4 N–H and O–H groups in total. The van der Waals surface area contributed by atoms with Crippen molar-refractivity contribution in [3.8, 4) is 17.2 Å². The van der Waals surface area contributed by atoms with Gasteiger partial charge in [0, 0.05) is 58.2 Å². The normalized spacial score (nSPS) is 15.4. The molecule has 0 spiro atoms. The Morgan fingerprint density at radius 3 is 2.77 bits per heavy atom. The predicted octanol–water partition coefficient (Wildman–Crippen LogP) is 2.47. The zero-order valence-electron chi connectivity index (χ0n) is 18.1. The second-order valence-electron chi connectivity index (χ2n) is 7.28. The molecule has 1 aliphatic heterocycles. The molecule has 2 aromatic carbocycles. The summed E-state index contributed by atoms with van der Waals surface area (Å²) >= 11 is 0. The number of hydrogen-bond donors (Lipinski definition) is 2. The van der Waals surface area contributed by atoms with Crippen LogP contribution in [0.5, 0.6) is 17.2 Å².